The first-order valence-electron chi connectivity index (χ1n) is 7.87. The fourth-order valence-electron chi connectivity index (χ4n) is 3.08. The summed E-state index contributed by atoms with van der Waals surface area (Å²) in [5.41, 5.74) is 3.17. The zero-order chi connectivity index (χ0) is 15.6. The number of nitrogens with zero attached hydrogens (tertiary/aromatic N) is 1. The number of hydrogen-bond acceptors (Lipinski definition) is 3. The minimum Gasteiger partial charge on any atom is -0.470 e. The number of fused-ring (bicyclic) bond motifs is 1. The van der Waals surface area contributed by atoms with Crippen LogP contribution in [-0.4, -0.2) is 37.4 Å². The van der Waals surface area contributed by atoms with Gasteiger partial charge < -0.3 is 9.47 Å². The van der Waals surface area contributed by atoms with Gasteiger partial charge in [0.15, 0.2) is 6.23 Å². The van der Waals surface area contributed by atoms with Gasteiger partial charge in [-0.05, 0) is 17.7 Å². The monoisotopic (exact) mass is 327 g/mol. The zero-order valence-electron chi connectivity index (χ0n) is 12.7. The summed E-state index contributed by atoms with van der Waals surface area (Å²) in [6, 6.07) is 16.4. The third-order valence-corrected chi connectivity index (χ3v) is 4.62. The highest BCUT2D eigenvalue weighted by atomic mass is 35.5. The standard InChI is InChI=1S/C19H18ClNO2/c20-17-13-18(21-9-11-22-12-10-21)23-19-15(7-4-8-16(17)19)14-5-2-1-3-6-14/h1-8,13,18H,9-12H2. The van der Waals surface area contributed by atoms with E-state index in [9.17, 15) is 0 Å². The number of benzene rings is 2. The van der Waals surface area contributed by atoms with Gasteiger partial charge in [0.05, 0.1) is 18.2 Å². The molecular formula is C19H18ClNO2. The van der Waals surface area contributed by atoms with Crippen molar-refractivity contribution in [3.05, 3.63) is 60.2 Å². The Hall–Kier alpha value is -1.81. The van der Waals surface area contributed by atoms with Crippen molar-refractivity contribution in [2.24, 2.45) is 0 Å². The molecule has 0 saturated carbocycles. The van der Waals surface area contributed by atoms with Crippen molar-refractivity contribution in [2.45, 2.75) is 6.23 Å². The maximum Gasteiger partial charge on any atom is 0.174 e. The molecule has 2 aromatic carbocycles. The highest BCUT2D eigenvalue weighted by Crippen LogP contribution is 2.41. The van der Waals surface area contributed by atoms with Crippen molar-refractivity contribution in [3.63, 3.8) is 0 Å². The van der Waals surface area contributed by atoms with Crippen LogP contribution in [0.15, 0.2) is 54.6 Å². The van der Waals surface area contributed by atoms with E-state index in [1.165, 1.54) is 0 Å². The predicted octanol–water partition coefficient (Wildman–Crippen LogP) is 3.98. The van der Waals surface area contributed by atoms with Gasteiger partial charge in [-0.25, -0.2) is 0 Å². The Bertz CT molecular complexity index is 723. The predicted molar refractivity (Wildman–Crippen MR) is 92.5 cm³/mol. The van der Waals surface area contributed by atoms with Crippen molar-refractivity contribution in [2.75, 3.05) is 26.3 Å². The number of morpholine rings is 1. The summed E-state index contributed by atoms with van der Waals surface area (Å²) in [6.07, 6.45) is 1.85. The Kier molecular flexibility index (Phi) is 4.08. The molecule has 0 radical (unpaired) electrons. The van der Waals surface area contributed by atoms with Gasteiger partial charge in [-0.2, -0.15) is 0 Å². The average molecular weight is 328 g/mol. The van der Waals surface area contributed by atoms with E-state index in [4.69, 9.17) is 21.1 Å². The van der Waals surface area contributed by atoms with Gasteiger partial charge in [0.2, 0.25) is 0 Å². The second-order valence-electron chi connectivity index (χ2n) is 5.72. The molecule has 2 aromatic rings. The Balaban J connectivity index is 1.73. The van der Waals surface area contributed by atoms with Crippen LogP contribution in [0.4, 0.5) is 0 Å². The summed E-state index contributed by atoms with van der Waals surface area (Å²) in [5, 5.41) is 0.750. The number of rotatable bonds is 2. The molecule has 2 aliphatic heterocycles. The van der Waals surface area contributed by atoms with Gasteiger partial charge in [-0.3, -0.25) is 4.90 Å². The minimum atomic E-state index is -0.135. The lowest BCUT2D eigenvalue weighted by Gasteiger charge is -2.35. The molecule has 0 aliphatic carbocycles. The zero-order valence-corrected chi connectivity index (χ0v) is 13.5. The van der Waals surface area contributed by atoms with Crippen LogP contribution >= 0.6 is 11.6 Å². The Morgan fingerprint density at radius 2 is 1.65 bits per heavy atom. The lowest BCUT2D eigenvalue weighted by molar-refractivity contribution is -0.0259. The van der Waals surface area contributed by atoms with Crippen molar-refractivity contribution in [3.8, 4) is 16.9 Å². The summed E-state index contributed by atoms with van der Waals surface area (Å²) >= 11 is 6.54. The van der Waals surface area contributed by atoms with E-state index in [1.54, 1.807) is 0 Å². The number of para-hydroxylation sites is 1. The Morgan fingerprint density at radius 3 is 2.43 bits per heavy atom. The largest absolute Gasteiger partial charge is 0.470 e. The molecule has 118 valence electrons. The van der Waals surface area contributed by atoms with Gasteiger partial charge in [0.25, 0.3) is 0 Å². The maximum atomic E-state index is 6.54. The van der Waals surface area contributed by atoms with Crippen LogP contribution in [0.2, 0.25) is 0 Å². The molecule has 2 aliphatic rings. The second kappa shape index (κ2) is 6.36. The number of hydrogen-bond donors (Lipinski definition) is 0. The van der Waals surface area contributed by atoms with Crippen molar-refractivity contribution < 1.29 is 9.47 Å². The first kappa shape index (κ1) is 14.8. The van der Waals surface area contributed by atoms with Crippen LogP contribution in [0.3, 0.4) is 0 Å². The molecule has 0 spiro atoms. The molecule has 0 amide bonds. The SMILES string of the molecule is ClC1=CC(N2CCOCC2)Oc2c1cccc2-c1ccccc1. The lowest BCUT2D eigenvalue weighted by Crippen LogP contribution is -2.46. The molecule has 0 N–H and O–H groups in total. The third-order valence-electron chi connectivity index (χ3n) is 4.29. The molecule has 0 bridgehead atoms. The van der Waals surface area contributed by atoms with Crippen molar-refractivity contribution in [1.29, 1.82) is 0 Å². The van der Waals surface area contributed by atoms with Crippen LogP contribution in [0.25, 0.3) is 16.2 Å². The molecule has 4 rings (SSSR count). The minimum absolute atomic E-state index is 0.135. The lowest BCUT2D eigenvalue weighted by atomic mass is 9.99. The Morgan fingerprint density at radius 1 is 0.913 bits per heavy atom. The van der Waals surface area contributed by atoms with Crippen LogP contribution in [0.1, 0.15) is 5.56 Å². The highest BCUT2D eigenvalue weighted by molar-refractivity contribution is 6.49. The van der Waals surface area contributed by atoms with E-state index in [2.05, 4.69) is 23.1 Å². The van der Waals surface area contributed by atoms with E-state index < -0.39 is 0 Å². The molecule has 0 aromatic heterocycles. The van der Waals surface area contributed by atoms with E-state index in [-0.39, 0.29) is 6.23 Å². The average Bonchev–Trinajstić information content (AvgIpc) is 2.63. The summed E-state index contributed by atoms with van der Waals surface area (Å²) < 4.78 is 11.8. The van der Waals surface area contributed by atoms with Crippen LogP contribution in [0, 0.1) is 0 Å². The quantitative estimate of drug-likeness (QED) is 0.832. The maximum absolute atomic E-state index is 6.54. The summed E-state index contributed by atoms with van der Waals surface area (Å²) in [4.78, 5) is 2.26. The van der Waals surface area contributed by atoms with Crippen LogP contribution in [0.5, 0.6) is 5.75 Å². The van der Waals surface area contributed by atoms with Gasteiger partial charge in [-0.15, -0.1) is 0 Å². The topological polar surface area (TPSA) is 21.7 Å². The summed E-state index contributed by atoms with van der Waals surface area (Å²) in [6.45, 7) is 3.18. The molecule has 1 atom stereocenters. The van der Waals surface area contributed by atoms with Crippen LogP contribution < -0.4 is 4.74 Å². The van der Waals surface area contributed by atoms with Gasteiger partial charge in [0, 0.05) is 24.2 Å². The molecule has 1 fully saturated rings. The van der Waals surface area contributed by atoms with Crippen molar-refractivity contribution in [1.82, 2.24) is 4.90 Å². The van der Waals surface area contributed by atoms with Crippen LogP contribution in [-0.2, 0) is 4.74 Å². The molecule has 3 nitrogen and oxygen atoms in total. The van der Waals surface area contributed by atoms with Crippen molar-refractivity contribution >= 4 is 16.6 Å². The number of halogens is 1. The molecule has 4 heteroatoms. The molecule has 2 heterocycles. The van der Waals surface area contributed by atoms with E-state index in [0.717, 1.165) is 53.8 Å². The molecule has 1 unspecified atom stereocenters. The fourth-order valence-corrected chi connectivity index (χ4v) is 3.34. The first-order valence-corrected chi connectivity index (χ1v) is 8.25. The fraction of sp³-hybridized carbons (Fsp3) is 0.263. The third kappa shape index (κ3) is 2.88. The van der Waals surface area contributed by atoms with Gasteiger partial charge in [0.1, 0.15) is 5.75 Å². The smallest absolute Gasteiger partial charge is 0.174 e. The van der Waals surface area contributed by atoms with Gasteiger partial charge in [-0.1, -0.05) is 54.1 Å². The summed E-state index contributed by atoms with van der Waals surface area (Å²) in [5.74, 6) is 0.864. The molecular weight excluding hydrogens is 310 g/mol. The van der Waals surface area contributed by atoms with Gasteiger partial charge >= 0.3 is 0 Å². The molecule has 23 heavy (non-hydrogen) atoms. The first-order chi connectivity index (χ1) is 11.3. The Labute approximate surface area is 141 Å². The summed E-state index contributed by atoms with van der Waals surface area (Å²) in [7, 11) is 0. The highest BCUT2D eigenvalue weighted by Gasteiger charge is 2.28. The second-order valence-corrected chi connectivity index (χ2v) is 6.13. The molecule has 1 saturated heterocycles. The van der Waals surface area contributed by atoms with E-state index in [0.29, 0.717) is 0 Å². The normalized spacial score (nSPS) is 21.3. The number of ether oxygens (including phenoxy) is 2. The van der Waals surface area contributed by atoms with E-state index in [1.807, 2.05) is 36.4 Å². The van der Waals surface area contributed by atoms with E-state index >= 15 is 0 Å².